The van der Waals surface area contributed by atoms with Gasteiger partial charge in [-0.25, -0.2) is 0 Å². The average molecular weight is 283 g/mol. The van der Waals surface area contributed by atoms with Crippen LogP contribution in [0.5, 0.6) is 0 Å². The van der Waals surface area contributed by atoms with Gasteiger partial charge in [0, 0.05) is 13.2 Å². The molecule has 0 fully saturated rings. The Labute approximate surface area is 91.3 Å². The van der Waals surface area contributed by atoms with Crippen molar-refractivity contribution in [3.8, 4) is 0 Å². The van der Waals surface area contributed by atoms with Crippen molar-refractivity contribution in [2.45, 2.75) is 13.8 Å². The molecule has 0 aromatic carbocycles. The quantitative estimate of drug-likeness (QED) is 0.511. The zero-order chi connectivity index (χ0) is 9.98. The van der Waals surface area contributed by atoms with Gasteiger partial charge in [-0.05, 0) is 13.8 Å². The van der Waals surface area contributed by atoms with E-state index in [0.29, 0.717) is 0 Å². The van der Waals surface area contributed by atoms with Crippen LogP contribution in [0.2, 0.25) is 0 Å². The standard InChI is InChI=1S/2C2H7O3P.Zn/c2*1-2-5-6(3)4;/h2*6H,2H2,1H3,(H,3,4);/q;;+2/p-2. The van der Waals surface area contributed by atoms with Crippen molar-refractivity contribution in [1.82, 2.24) is 0 Å². The van der Waals surface area contributed by atoms with Gasteiger partial charge in [0.2, 0.25) is 0 Å². The molecule has 0 saturated carbocycles. The molecule has 0 spiro atoms. The van der Waals surface area contributed by atoms with Crippen molar-refractivity contribution >= 4 is 16.5 Å². The molecule has 0 radical (unpaired) electrons. The Bertz CT molecular complexity index is 127. The fourth-order valence-electron chi connectivity index (χ4n) is 0.236. The van der Waals surface area contributed by atoms with Crippen LogP contribution in [0.15, 0.2) is 0 Å². The van der Waals surface area contributed by atoms with Gasteiger partial charge >= 0.3 is 19.5 Å². The molecule has 0 rings (SSSR count). The summed E-state index contributed by atoms with van der Waals surface area (Å²) < 4.78 is 27.0. The van der Waals surface area contributed by atoms with Gasteiger partial charge in [0.1, 0.15) is 16.5 Å². The van der Waals surface area contributed by atoms with Crippen LogP contribution in [0, 0.1) is 0 Å². The summed E-state index contributed by atoms with van der Waals surface area (Å²) in [5.74, 6) is 0. The van der Waals surface area contributed by atoms with Gasteiger partial charge in [-0.3, -0.25) is 0 Å². The molecule has 0 aromatic heterocycles. The van der Waals surface area contributed by atoms with E-state index in [9.17, 15) is 18.9 Å². The third-order valence-corrected chi connectivity index (χ3v) is 1.57. The van der Waals surface area contributed by atoms with Crippen molar-refractivity contribution in [2.75, 3.05) is 13.2 Å². The number of rotatable bonds is 4. The normalized spacial score (nSPS) is 13.2. The molecule has 0 N–H and O–H groups in total. The van der Waals surface area contributed by atoms with E-state index in [4.69, 9.17) is 0 Å². The van der Waals surface area contributed by atoms with E-state index in [1.807, 2.05) is 0 Å². The smallest absolute Gasteiger partial charge is 0.781 e. The predicted octanol–water partition coefficient (Wildman–Crippen LogP) is -0.457. The van der Waals surface area contributed by atoms with Gasteiger partial charge < -0.3 is 28.0 Å². The minimum absolute atomic E-state index is 0. The van der Waals surface area contributed by atoms with Crippen molar-refractivity contribution in [3.63, 3.8) is 0 Å². The van der Waals surface area contributed by atoms with Crippen LogP contribution in [0.4, 0.5) is 0 Å². The van der Waals surface area contributed by atoms with E-state index in [2.05, 4.69) is 9.05 Å². The van der Waals surface area contributed by atoms with E-state index < -0.39 is 16.5 Å². The van der Waals surface area contributed by atoms with Crippen LogP contribution in [0.1, 0.15) is 13.8 Å². The van der Waals surface area contributed by atoms with E-state index in [0.717, 1.165) is 0 Å². The number of hydrogen-bond donors (Lipinski definition) is 0. The molecule has 13 heavy (non-hydrogen) atoms. The summed E-state index contributed by atoms with van der Waals surface area (Å²) >= 11 is 0. The summed E-state index contributed by atoms with van der Waals surface area (Å²) in [4.78, 5) is 18.9. The molecule has 2 unspecified atom stereocenters. The van der Waals surface area contributed by atoms with Gasteiger partial charge in [0.15, 0.2) is 0 Å². The second-order valence-corrected chi connectivity index (χ2v) is 2.94. The minimum atomic E-state index is -2.89. The summed E-state index contributed by atoms with van der Waals surface area (Å²) in [5, 5.41) is 0. The summed E-state index contributed by atoms with van der Waals surface area (Å²) in [5.41, 5.74) is 0. The third-order valence-electron chi connectivity index (χ3n) is 0.524. The van der Waals surface area contributed by atoms with Gasteiger partial charge in [-0.1, -0.05) is 0 Å². The topological polar surface area (TPSA) is 98.7 Å². The van der Waals surface area contributed by atoms with Crippen LogP contribution in [-0.2, 0) is 37.7 Å². The summed E-state index contributed by atoms with van der Waals surface area (Å²) in [7, 11) is -5.77. The second-order valence-electron chi connectivity index (χ2n) is 1.37. The Balaban J connectivity index is -0.000000143. The second kappa shape index (κ2) is 15.4. The maximum absolute atomic E-state index is 9.45. The van der Waals surface area contributed by atoms with Crippen LogP contribution < -0.4 is 9.79 Å². The monoisotopic (exact) mass is 282 g/mol. The Hall–Kier alpha value is 0.923. The van der Waals surface area contributed by atoms with Crippen LogP contribution in [0.3, 0.4) is 0 Å². The average Bonchev–Trinajstić information content (AvgIpc) is 1.87. The molecule has 0 aliphatic heterocycles. The first kappa shape index (κ1) is 19.5. The molecule has 0 bridgehead atoms. The van der Waals surface area contributed by atoms with Gasteiger partial charge in [-0.15, -0.1) is 0 Å². The SMILES string of the molecule is CCO[PH](=O)[O-].CCO[PH](=O)[O-].[Zn+2]. The van der Waals surface area contributed by atoms with Gasteiger partial charge in [0.05, 0.1) is 0 Å². The van der Waals surface area contributed by atoms with E-state index >= 15 is 0 Å². The van der Waals surface area contributed by atoms with E-state index in [1.54, 1.807) is 13.8 Å². The Kier molecular flexibility index (Phi) is 23.1. The van der Waals surface area contributed by atoms with E-state index in [-0.39, 0.29) is 32.7 Å². The van der Waals surface area contributed by atoms with Crippen LogP contribution >= 0.6 is 16.5 Å². The summed E-state index contributed by atoms with van der Waals surface area (Å²) in [6, 6.07) is 0. The fourth-order valence-corrected chi connectivity index (χ4v) is 0.707. The third kappa shape index (κ3) is 32.2. The van der Waals surface area contributed by atoms with Crippen LogP contribution in [-0.4, -0.2) is 13.2 Å². The Morgan fingerprint density at radius 2 is 1.23 bits per heavy atom. The molecule has 0 aliphatic rings. The Morgan fingerprint density at radius 3 is 1.23 bits per heavy atom. The molecule has 0 saturated heterocycles. The molecule has 0 heterocycles. The summed E-state index contributed by atoms with van der Waals surface area (Å²) in [6.45, 7) is 3.75. The molecular formula is C4H12O6P2Zn. The Morgan fingerprint density at radius 1 is 1.00 bits per heavy atom. The minimum Gasteiger partial charge on any atom is -0.781 e. The zero-order valence-corrected chi connectivity index (χ0v) is 12.5. The molecule has 0 aliphatic carbocycles. The molecule has 0 aromatic rings. The first-order chi connectivity index (χ1) is 5.54. The van der Waals surface area contributed by atoms with Crippen molar-refractivity contribution in [3.05, 3.63) is 0 Å². The van der Waals surface area contributed by atoms with Crippen LogP contribution in [0.25, 0.3) is 0 Å². The molecule has 9 heteroatoms. The first-order valence-corrected chi connectivity index (χ1v) is 5.67. The molecular weight excluding hydrogens is 271 g/mol. The molecule has 6 nitrogen and oxygen atoms in total. The van der Waals surface area contributed by atoms with E-state index in [1.165, 1.54) is 0 Å². The first-order valence-electron chi connectivity index (χ1n) is 3.22. The largest absolute Gasteiger partial charge is 2.00 e. The van der Waals surface area contributed by atoms with Crippen molar-refractivity contribution < 1.29 is 47.4 Å². The van der Waals surface area contributed by atoms with Crippen molar-refractivity contribution in [1.29, 1.82) is 0 Å². The van der Waals surface area contributed by atoms with Gasteiger partial charge in [-0.2, -0.15) is 0 Å². The maximum atomic E-state index is 9.45. The van der Waals surface area contributed by atoms with Crippen molar-refractivity contribution in [2.24, 2.45) is 0 Å². The number of hydrogen-bond acceptors (Lipinski definition) is 6. The maximum Gasteiger partial charge on any atom is 2.00 e. The molecule has 2 atom stereocenters. The predicted molar refractivity (Wildman–Crippen MR) is 41.3 cm³/mol. The zero-order valence-electron chi connectivity index (χ0n) is 7.57. The molecule has 76 valence electrons. The van der Waals surface area contributed by atoms with Gasteiger partial charge in [0.25, 0.3) is 0 Å². The fraction of sp³-hybridized carbons (Fsp3) is 1.00. The summed E-state index contributed by atoms with van der Waals surface area (Å²) in [6.07, 6.45) is 0. The molecule has 0 amide bonds.